The molecule has 0 saturated heterocycles. The summed E-state index contributed by atoms with van der Waals surface area (Å²) in [7, 11) is 0. The molecule has 18 heavy (non-hydrogen) atoms. The van der Waals surface area contributed by atoms with Crippen molar-refractivity contribution in [2.45, 2.75) is 0 Å². The molecule has 0 saturated carbocycles. The highest BCUT2D eigenvalue weighted by Crippen LogP contribution is 2.23. The summed E-state index contributed by atoms with van der Waals surface area (Å²) >= 11 is 3.38. The number of hydrogen-bond acceptors (Lipinski definition) is 5. The van der Waals surface area contributed by atoms with E-state index in [1.54, 1.807) is 6.20 Å². The van der Waals surface area contributed by atoms with Crippen LogP contribution in [0.1, 0.15) is 0 Å². The molecule has 0 spiro atoms. The fourth-order valence-electron chi connectivity index (χ4n) is 1.35. The number of benzene rings is 1. The van der Waals surface area contributed by atoms with Gasteiger partial charge < -0.3 is 15.8 Å². The van der Waals surface area contributed by atoms with Gasteiger partial charge in [-0.1, -0.05) is 0 Å². The summed E-state index contributed by atoms with van der Waals surface area (Å²) in [6.45, 7) is 1.03. The van der Waals surface area contributed by atoms with E-state index in [2.05, 4.69) is 31.2 Å². The molecule has 3 N–H and O–H groups in total. The lowest BCUT2D eigenvalue weighted by molar-refractivity contribution is 0.328. The van der Waals surface area contributed by atoms with Crippen LogP contribution in [0.2, 0.25) is 0 Å². The molecule has 0 radical (unpaired) electrons. The summed E-state index contributed by atoms with van der Waals surface area (Å²) in [5.41, 5.74) is 6.29. The maximum absolute atomic E-state index is 5.40. The number of ether oxygens (including phenoxy) is 1. The summed E-state index contributed by atoms with van der Waals surface area (Å²) in [6, 6.07) is 7.60. The van der Waals surface area contributed by atoms with Crippen LogP contribution in [-0.4, -0.2) is 23.1 Å². The first-order valence-corrected chi connectivity index (χ1v) is 6.24. The summed E-state index contributed by atoms with van der Waals surface area (Å²) in [6.07, 6.45) is 3.18. The van der Waals surface area contributed by atoms with E-state index in [9.17, 15) is 0 Å². The molecule has 0 bridgehead atoms. The van der Waals surface area contributed by atoms with Crippen molar-refractivity contribution >= 4 is 27.4 Å². The molecule has 2 aromatic rings. The van der Waals surface area contributed by atoms with Crippen molar-refractivity contribution in [3.05, 3.63) is 41.3 Å². The molecule has 6 heteroatoms. The van der Waals surface area contributed by atoms with E-state index in [0.29, 0.717) is 13.2 Å². The van der Waals surface area contributed by atoms with Gasteiger partial charge in [-0.3, -0.25) is 0 Å². The van der Waals surface area contributed by atoms with Crippen LogP contribution < -0.4 is 15.8 Å². The fourth-order valence-corrected chi connectivity index (χ4v) is 1.67. The molecule has 1 aromatic heterocycles. The minimum Gasteiger partial charge on any atom is -0.492 e. The second-order valence-electron chi connectivity index (χ2n) is 3.51. The third kappa shape index (κ3) is 3.41. The molecular weight excluding hydrogens is 296 g/mol. The van der Waals surface area contributed by atoms with E-state index >= 15 is 0 Å². The monoisotopic (exact) mass is 308 g/mol. The van der Waals surface area contributed by atoms with E-state index < -0.39 is 0 Å². The SMILES string of the molecule is NCCOc1ccc(Nc2ncncc2Br)cc1. The first-order valence-electron chi connectivity index (χ1n) is 5.45. The Balaban J connectivity index is 2.04. The standard InChI is InChI=1S/C12H13BrN4O/c13-11-7-15-8-16-12(11)17-9-1-3-10(4-2-9)18-6-5-14/h1-4,7-8H,5-6,14H2,(H,15,16,17). The molecule has 1 heterocycles. The average Bonchev–Trinajstić information content (AvgIpc) is 2.41. The van der Waals surface area contributed by atoms with Crippen LogP contribution in [0, 0.1) is 0 Å². The number of nitrogens with one attached hydrogen (secondary N) is 1. The summed E-state index contributed by atoms with van der Waals surface area (Å²) in [5.74, 6) is 1.52. The van der Waals surface area contributed by atoms with Crippen molar-refractivity contribution in [1.82, 2.24) is 9.97 Å². The number of aromatic nitrogens is 2. The highest BCUT2D eigenvalue weighted by atomic mass is 79.9. The Kier molecular flexibility index (Phi) is 4.49. The maximum Gasteiger partial charge on any atom is 0.148 e. The maximum atomic E-state index is 5.40. The van der Waals surface area contributed by atoms with Crippen LogP contribution in [0.5, 0.6) is 5.75 Å². The van der Waals surface area contributed by atoms with E-state index in [1.807, 2.05) is 24.3 Å². The van der Waals surface area contributed by atoms with Gasteiger partial charge in [0.2, 0.25) is 0 Å². The van der Waals surface area contributed by atoms with Gasteiger partial charge in [0.15, 0.2) is 0 Å². The molecule has 0 fully saturated rings. The van der Waals surface area contributed by atoms with Gasteiger partial charge in [-0.15, -0.1) is 0 Å². The summed E-state index contributed by atoms with van der Waals surface area (Å²) < 4.78 is 6.21. The second-order valence-corrected chi connectivity index (χ2v) is 4.36. The van der Waals surface area contributed by atoms with Crippen molar-refractivity contribution in [2.75, 3.05) is 18.5 Å². The lowest BCUT2D eigenvalue weighted by Crippen LogP contribution is -2.10. The van der Waals surface area contributed by atoms with Crippen molar-refractivity contribution in [2.24, 2.45) is 5.73 Å². The molecule has 0 aliphatic carbocycles. The zero-order valence-corrected chi connectivity index (χ0v) is 11.2. The zero-order chi connectivity index (χ0) is 12.8. The smallest absolute Gasteiger partial charge is 0.148 e. The van der Waals surface area contributed by atoms with Gasteiger partial charge in [0.1, 0.15) is 24.5 Å². The average molecular weight is 309 g/mol. The van der Waals surface area contributed by atoms with E-state index in [1.165, 1.54) is 6.33 Å². The molecule has 0 unspecified atom stereocenters. The van der Waals surface area contributed by atoms with Gasteiger partial charge >= 0.3 is 0 Å². The van der Waals surface area contributed by atoms with Crippen molar-refractivity contribution < 1.29 is 4.74 Å². The number of hydrogen-bond donors (Lipinski definition) is 2. The van der Waals surface area contributed by atoms with Crippen LogP contribution >= 0.6 is 15.9 Å². The van der Waals surface area contributed by atoms with Gasteiger partial charge in [-0.25, -0.2) is 9.97 Å². The predicted molar refractivity (Wildman–Crippen MR) is 74.0 cm³/mol. The highest BCUT2D eigenvalue weighted by molar-refractivity contribution is 9.10. The Bertz CT molecular complexity index is 504. The number of halogens is 1. The van der Waals surface area contributed by atoms with Gasteiger partial charge in [-0.2, -0.15) is 0 Å². The quantitative estimate of drug-likeness (QED) is 0.887. The molecule has 0 atom stereocenters. The largest absolute Gasteiger partial charge is 0.492 e. The third-order valence-corrected chi connectivity index (χ3v) is 2.75. The third-order valence-electron chi connectivity index (χ3n) is 2.17. The molecule has 0 amide bonds. The van der Waals surface area contributed by atoms with Crippen LogP contribution in [0.3, 0.4) is 0 Å². The first-order chi connectivity index (χ1) is 8.79. The van der Waals surface area contributed by atoms with Crippen LogP contribution in [0.25, 0.3) is 0 Å². The van der Waals surface area contributed by atoms with Gasteiger partial charge in [0.25, 0.3) is 0 Å². The van der Waals surface area contributed by atoms with E-state index in [4.69, 9.17) is 10.5 Å². The summed E-state index contributed by atoms with van der Waals surface area (Å²) in [4.78, 5) is 8.03. The topological polar surface area (TPSA) is 73.1 Å². The summed E-state index contributed by atoms with van der Waals surface area (Å²) in [5, 5.41) is 3.18. The van der Waals surface area contributed by atoms with E-state index in [0.717, 1.165) is 21.7 Å². The molecule has 0 aliphatic heterocycles. The van der Waals surface area contributed by atoms with Gasteiger partial charge in [-0.05, 0) is 40.2 Å². The molecule has 94 valence electrons. The number of anilines is 2. The Morgan fingerprint density at radius 3 is 2.72 bits per heavy atom. The number of nitrogens with zero attached hydrogens (tertiary/aromatic N) is 2. The second kappa shape index (κ2) is 6.32. The molecule has 2 rings (SSSR count). The molecule has 5 nitrogen and oxygen atoms in total. The molecule has 0 aliphatic rings. The normalized spacial score (nSPS) is 10.1. The van der Waals surface area contributed by atoms with Crippen molar-refractivity contribution in [1.29, 1.82) is 0 Å². The number of nitrogens with two attached hydrogens (primary N) is 1. The minimum atomic E-state index is 0.508. The molecule has 1 aromatic carbocycles. The van der Waals surface area contributed by atoms with Gasteiger partial charge in [0, 0.05) is 18.4 Å². The fraction of sp³-hybridized carbons (Fsp3) is 0.167. The Morgan fingerprint density at radius 1 is 1.28 bits per heavy atom. The Labute approximate surface area is 114 Å². The van der Waals surface area contributed by atoms with Crippen LogP contribution in [0.15, 0.2) is 41.3 Å². The van der Waals surface area contributed by atoms with Crippen molar-refractivity contribution in [3.63, 3.8) is 0 Å². The van der Waals surface area contributed by atoms with Gasteiger partial charge in [0.05, 0.1) is 4.47 Å². The highest BCUT2D eigenvalue weighted by Gasteiger charge is 2.01. The zero-order valence-electron chi connectivity index (χ0n) is 9.64. The first kappa shape index (κ1) is 12.8. The molecular formula is C12H13BrN4O. The predicted octanol–water partition coefficient (Wildman–Crippen LogP) is 2.32. The van der Waals surface area contributed by atoms with Crippen LogP contribution in [-0.2, 0) is 0 Å². The number of rotatable bonds is 5. The lowest BCUT2D eigenvalue weighted by Gasteiger charge is -2.08. The van der Waals surface area contributed by atoms with Crippen molar-refractivity contribution in [3.8, 4) is 5.75 Å². The Hall–Kier alpha value is -1.66. The van der Waals surface area contributed by atoms with Crippen LogP contribution in [0.4, 0.5) is 11.5 Å². The van der Waals surface area contributed by atoms with E-state index in [-0.39, 0.29) is 0 Å². The lowest BCUT2D eigenvalue weighted by atomic mass is 10.3. The Morgan fingerprint density at radius 2 is 2.06 bits per heavy atom. The minimum absolute atomic E-state index is 0.508.